The number of benzene rings is 2. The second kappa shape index (κ2) is 9.69. The predicted octanol–water partition coefficient (Wildman–Crippen LogP) is 3.81. The van der Waals surface area contributed by atoms with E-state index in [1.807, 2.05) is 42.5 Å². The zero-order chi connectivity index (χ0) is 18.2. The Bertz CT molecular complexity index is 752. The summed E-state index contributed by atoms with van der Waals surface area (Å²) in [6.45, 7) is 1.10. The number of nitrogens with zero attached hydrogens (tertiary/aromatic N) is 1. The number of fused-ring (bicyclic) bond motifs is 1. The summed E-state index contributed by atoms with van der Waals surface area (Å²) in [5.74, 6) is 1.48. The second-order valence-electron chi connectivity index (χ2n) is 5.92. The van der Waals surface area contributed by atoms with Crippen molar-refractivity contribution in [2.24, 2.45) is 0 Å². The fourth-order valence-electron chi connectivity index (χ4n) is 2.71. The van der Waals surface area contributed by atoms with Gasteiger partial charge in [0.25, 0.3) is 0 Å². The van der Waals surface area contributed by atoms with Crippen molar-refractivity contribution in [2.45, 2.75) is 22.6 Å². The number of rotatable bonds is 8. The Hall–Kier alpha value is -1.92. The average Bonchev–Trinajstić information content (AvgIpc) is 2.68. The van der Waals surface area contributed by atoms with Crippen LogP contribution >= 0.6 is 23.5 Å². The van der Waals surface area contributed by atoms with Gasteiger partial charge in [-0.1, -0.05) is 30.3 Å². The lowest BCUT2D eigenvalue weighted by molar-refractivity contribution is -0.121. The standard InChI is InChI=1S/C20H22N2O2S2/c23-19(21-12-6-14-25-16-7-2-1-3-8-16)11-13-22-17-9-4-5-10-18(17)26-15-20(22)24/h1-5,7-10H,6,11-15H2,(H,21,23). The summed E-state index contributed by atoms with van der Waals surface area (Å²) in [7, 11) is 0. The molecule has 0 radical (unpaired) electrons. The summed E-state index contributed by atoms with van der Waals surface area (Å²) in [5.41, 5.74) is 0.917. The number of anilines is 1. The van der Waals surface area contributed by atoms with E-state index in [9.17, 15) is 9.59 Å². The molecule has 26 heavy (non-hydrogen) atoms. The fourth-order valence-corrected chi connectivity index (χ4v) is 4.52. The first kappa shape index (κ1) is 18.9. The van der Waals surface area contributed by atoms with Crippen molar-refractivity contribution in [1.82, 2.24) is 5.32 Å². The predicted molar refractivity (Wildman–Crippen MR) is 109 cm³/mol. The van der Waals surface area contributed by atoms with Crippen LogP contribution in [0.3, 0.4) is 0 Å². The summed E-state index contributed by atoms with van der Waals surface area (Å²) in [6, 6.07) is 18.1. The molecule has 2 amide bonds. The number of carbonyl (C=O) groups excluding carboxylic acids is 2. The number of hydrogen-bond donors (Lipinski definition) is 1. The lowest BCUT2D eigenvalue weighted by atomic mass is 10.2. The molecule has 0 fully saturated rings. The first-order valence-electron chi connectivity index (χ1n) is 8.71. The van der Waals surface area contributed by atoms with Crippen molar-refractivity contribution < 1.29 is 9.59 Å². The Morgan fingerprint density at radius 2 is 1.88 bits per heavy atom. The van der Waals surface area contributed by atoms with Crippen LogP contribution in [0.15, 0.2) is 64.4 Å². The molecular formula is C20H22N2O2S2. The maximum absolute atomic E-state index is 12.2. The van der Waals surface area contributed by atoms with Crippen LogP contribution in [0, 0.1) is 0 Å². The summed E-state index contributed by atoms with van der Waals surface area (Å²) in [5, 5.41) is 2.95. The molecule has 0 aliphatic carbocycles. The molecule has 0 spiro atoms. The SMILES string of the molecule is O=C(CCN1C(=O)CSc2ccccc21)NCCCSc1ccccc1. The van der Waals surface area contributed by atoms with Gasteiger partial charge in [0, 0.05) is 29.3 Å². The molecular weight excluding hydrogens is 364 g/mol. The number of hydrogen-bond acceptors (Lipinski definition) is 4. The van der Waals surface area contributed by atoms with E-state index in [1.165, 1.54) is 4.90 Å². The summed E-state index contributed by atoms with van der Waals surface area (Å²) < 4.78 is 0. The molecule has 1 N–H and O–H groups in total. The molecule has 2 aromatic carbocycles. The van der Waals surface area contributed by atoms with Gasteiger partial charge < -0.3 is 10.2 Å². The first-order chi connectivity index (χ1) is 12.7. The number of para-hydroxylation sites is 1. The third-order valence-corrected chi connectivity index (χ3v) is 6.17. The topological polar surface area (TPSA) is 49.4 Å². The highest BCUT2D eigenvalue weighted by atomic mass is 32.2. The van der Waals surface area contributed by atoms with Crippen LogP contribution in [0.2, 0.25) is 0 Å². The van der Waals surface area contributed by atoms with Crippen molar-refractivity contribution in [1.29, 1.82) is 0 Å². The van der Waals surface area contributed by atoms with Crippen LogP contribution in [-0.2, 0) is 9.59 Å². The monoisotopic (exact) mass is 386 g/mol. The van der Waals surface area contributed by atoms with Crippen molar-refractivity contribution in [2.75, 3.05) is 29.5 Å². The molecule has 4 nitrogen and oxygen atoms in total. The maximum atomic E-state index is 12.2. The van der Waals surface area contributed by atoms with Crippen LogP contribution in [-0.4, -0.2) is 36.4 Å². The van der Waals surface area contributed by atoms with E-state index in [-0.39, 0.29) is 11.8 Å². The second-order valence-corrected chi connectivity index (χ2v) is 8.10. The Labute approximate surface area is 162 Å². The third kappa shape index (κ3) is 5.29. The molecule has 6 heteroatoms. The minimum absolute atomic E-state index is 0.00165. The number of carbonyl (C=O) groups is 2. The minimum Gasteiger partial charge on any atom is -0.356 e. The van der Waals surface area contributed by atoms with Gasteiger partial charge in [-0.05, 0) is 36.4 Å². The zero-order valence-corrected chi connectivity index (χ0v) is 16.2. The molecule has 0 bridgehead atoms. The van der Waals surface area contributed by atoms with Crippen molar-refractivity contribution in [3.05, 3.63) is 54.6 Å². The van der Waals surface area contributed by atoms with Gasteiger partial charge in [0.1, 0.15) is 0 Å². The highest BCUT2D eigenvalue weighted by molar-refractivity contribution is 8.00. The van der Waals surface area contributed by atoms with Crippen LogP contribution < -0.4 is 10.2 Å². The number of amides is 2. The van der Waals surface area contributed by atoms with E-state index in [0.717, 1.165) is 22.8 Å². The van der Waals surface area contributed by atoms with Crippen molar-refractivity contribution >= 4 is 41.0 Å². The molecule has 1 aliphatic heterocycles. The Kier molecular flexibility index (Phi) is 7.03. The third-order valence-electron chi connectivity index (χ3n) is 4.03. The zero-order valence-electron chi connectivity index (χ0n) is 14.5. The highest BCUT2D eigenvalue weighted by Gasteiger charge is 2.24. The van der Waals surface area contributed by atoms with E-state index in [2.05, 4.69) is 17.4 Å². The van der Waals surface area contributed by atoms with Gasteiger partial charge in [0.05, 0.1) is 11.4 Å². The van der Waals surface area contributed by atoms with Gasteiger partial charge in [-0.3, -0.25) is 9.59 Å². The quantitative estimate of drug-likeness (QED) is 0.554. The van der Waals surface area contributed by atoms with E-state index in [4.69, 9.17) is 0 Å². The summed E-state index contributed by atoms with van der Waals surface area (Å²) in [6.07, 6.45) is 1.25. The molecule has 1 aliphatic rings. The molecule has 1 heterocycles. The van der Waals surface area contributed by atoms with Crippen LogP contribution in [0.4, 0.5) is 5.69 Å². The molecule has 0 aromatic heterocycles. The average molecular weight is 387 g/mol. The van der Waals surface area contributed by atoms with Crippen LogP contribution in [0.25, 0.3) is 0 Å². The highest BCUT2D eigenvalue weighted by Crippen LogP contribution is 2.34. The van der Waals surface area contributed by atoms with Gasteiger partial charge in [-0.15, -0.1) is 23.5 Å². The molecule has 2 aromatic rings. The Morgan fingerprint density at radius 3 is 2.73 bits per heavy atom. The van der Waals surface area contributed by atoms with E-state index >= 15 is 0 Å². The minimum atomic E-state index is -0.00165. The smallest absolute Gasteiger partial charge is 0.237 e. The number of thioether (sulfide) groups is 2. The molecule has 0 unspecified atom stereocenters. The largest absolute Gasteiger partial charge is 0.356 e. The van der Waals surface area contributed by atoms with Gasteiger partial charge in [-0.25, -0.2) is 0 Å². The van der Waals surface area contributed by atoms with Gasteiger partial charge in [0.2, 0.25) is 11.8 Å². The van der Waals surface area contributed by atoms with Gasteiger partial charge in [-0.2, -0.15) is 0 Å². The van der Waals surface area contributed by atoms with Crippen LogP contribution in [0.1, 0.15) is 12.8 Å². The van der Waals surface area contributed by atoms with Gasteiger partial charge >= 0.3 is 0 Å². The van der Waals surface area contributed by atoms with Crippen LogP contribution in [0.5, 0.6) is 0 Å². The summed E-state index contributed by atoms with van der Waals surface area (Å²) >= 11 is 3.35. The van der Waals surface area contributed by atoms with Crippen molar-refractivity contribution in [3.8, 4) is 0 Å². The first-order valence-corrected chi connectivity index (χ1v) is 10.7. The number of nitrogens with one attached hydrogen (secondary N) is 1. The molecule has 3 rings (SSSR count). The maximum Gasteiger partial charge on any atom is 0.237 e. The van der Waals surface area contributed by atoms with E-state index in [0.29, 0.717) is 25.3 Å². The molecule has 0 atom stereocenters. The molecule has 0 saturated heterocycles. The van der Waals surface area contributed by atoms with Crippen molar-refractivity contribution in [3.63, 3.8) is 0 Å². The lowest BCUT2D eigenvalue weighted by Gasteiger charge is -2.28. The lowest BCUT2D eigenvalue weighted by Crippen LogP contribution is -2.38. The Morgan fingerprint density at radius 1 is 1.12 bits per heavy atom. The van der Waals surface area contributed by atoms with Gasteiger partial charge in [0.15, 0.2) is 0 Å². The normalized spacial score (nSPS) is 13.4. The summed E-state index contributed by atoms with van der Waals surface area (Å²) in [4.78, 5) is 28.3. The van der Waals surface area contributed by atoms with E-state index in [1.54, 1.807) is 28.4 Å². The van der Waals surface area contributed by atoms with E-state index < -0.39 is 0 Å². The fraction of sp³-hybridized carbons (Fsp3) is 0.300. The molecule has 136 valence electrons. The molecule has 0 saturated carbocycles. The Balaban J connectivity index is 1.37.